The lowest BCUT2D eigenvalue weighted by atomic mass is 9.79. The van der Waals surface area contributed by atoms with Crippen LogP contribution in [-0.2, 0) is 9.53 Å². The Balaban J connectivity index is 2.23. The molecule has 0 atom stereocenters. The van der Waals surface area contributed by atoms with Crippen molar-refractivity contribution in [1.29, 1.82) is 0 Å². The molecule has 1 aliphatic carbocycles. The second kappa shape index (κ2) is 6.92. The van der Waals surface area contributed by atoms with Crippen molar-refractivity contribution in [2.75, 3.05) is 6.54 Å². The highest BCUT2D eigenvalue weighted by molar-refractivity contribution is 5.80. The maximum absolute atomic E-state index is 11.6. The highest BCUT2D eigenvalue weighted by atomic mass is 16.6. The Hall–Kier alpha value is -1.06. The Bertz CT molecular complexity index is 312. The lowest BCUT2D eigenvalue weighted by molar-refractivity contribution is -0.123. The Morgan fingerprint density at radius 3 is 2.21 bits per heavy atom. The molecule has 1 amide bonds. The summed E-state index contributed by atoms with van der Waals surface area (Å²) >= 11 is 0. The third kappa shape index (κ3) is 6.08. The molecule has 1 aliphatic rings. The number of amides is 1. The molecule has 110 valence electrons. The van der Waals surface area contributed by atoms with Gasteiger partial charge in [-0.3, -0.25) is 4.79 Å². The minimum Gasteiger partial charge on any atom is -0.444 e. The molecule has 1 N–H and O–H groups in total. The molecule has 1 saturated carbocycles. The number of hydrogen-bond acceptors (Lipinski definition) is 3. The van der Waals surface area contributed by atoms with Gasteiger partial charge in [0.15, 0.2) is 0 Å². The normalized spacial score (nSPS) is 23.8. The third-order valence-electron chi connectivity index (χ3n) is 3.58. The van der Waals surface area contributed by atoms with Crippen molar-refractivity contribution in [2.24, 2.45) is 11.8 Å². The first-order chi connectivity index (χ1) is 8.81. The average molecular weight is 269 g/mol. The molecular weight excluding hydrogens is 242 g/mol. The summed E-state index contributed by atoms with van der Waals surface area (Å²) in [6.45, 7) is 8.15. The molecule has 19 heavy (non-hydrogen) atoms. The predicted molar refractivity (Wildman–Crippen MR) is 75.0 cm³/mol. The van der Waals surface area contributed by atoms with E-state index in [1.165, 1.54) is 0 Å². The lowest BCUT2D eigenvalue weighted by Crippen LogP contribution is -2.36. The van der Waals surface area contributed by atoms with E-state index in [0.717, 1.165) is 25.7 Å². The van der Waals surface area contributed by atoms with Crippen molar-refractivity contribution < 1.29 is 14.3 Å². The van der Waals surface area contributed by atoms with Gasteiger partial charge in [-0.05, 0) is 52.4 Å². The molecule has 0 saturated heterocycles. The van der Waals surface area contributed by atoms with Gasteiger partial charge in [0.2, 0.25) is 0 Å². The summed E-state index contributed by atoms with van der Waals surface area (Å²) in [5.74, 6) is 1.12. The Morgan fingerprint density at radius 1 is 1.16 bits per heavy atom. The van der Waals surface area contributed by atoms with Gasteiger partial charge in [-0.2, -0.15) is 0 Å². The van der Waals surface area contributed by atoms with Gasteiger partial charge in [0.05, 0.1) is 0 Å². The molecule has 0 spiro atoms. The molecule has 1 fully saturated rings. The van der Waals surface area contributed by atoms with E-state index in [9.17, 15) is 9.59 Å². The smallest absolute Gasteiger partial charge is 0.407 e. The van der Waals surface area contributed by atoms with Crippen molar-refractivity contribution in [2.45, 2.75) is 65.4 Å². The molecular formula is C15H27NO3. The monoisotopic (exact) mass is 269 g/mol. The van der Waals surface area contributed by atoms with Crippen LogP contribution in [0.2, 0.25) is 0 Å². The topological polar surface area (TPSA) is 55.4 Å². The van der Waals surface area contributed by atoms with Gasteiger partial charge in [0, 0.05) is 18.9 Å². The number of rotatable bonds is 4. The number of ether oxygens (including phenoxy) is 1. The van der Waals surface area contributed by atoms with Gasteiger partial charge in [-0.15, -0.1) is 0 Å². The maximum atomic E-state index is 11.6. The van der Waals surface area contributed by atoms with E-state index in [-0.39, 0.29) is 12.0 Å². The summed E-state index contributed by atoms with van der Waals surface area (Å²) in [5, 5.41) is 2.82. The van der Waals surface area contributed by atoms with Crippen molar-refractivity contribution in [3.63, 3.8) is 0 Å². The summed E-state index contributed by atoms with van der Waals surface area (Å²) in [6, 6.07) is 0. The standard InChI is InChI=1S/C15H27NO3/c1-5-13(17)12-8-6-11(7-9-12)10-16-14(18)19-15(2,3)4/h11-12H,5-10H2,1-4H3,(H,16,18). The minimum absolute atomic E-state index is 0.253. The van der Waals surface area contributed by atoms with Crippen LogP contribution in [0.5, 0.6) is 0 Å². The number of carbonyl (C=O) groups excluding carboxylic acids is 2. The van der Waals surface area contributed by atoms with E-state index in [1.807, 2.05) is 27.7 Å². The molecule has 4 heteroatoms. The van der Waals surface area contributed by atoms with Crippen molar-refractivity contribution in [1.82, 2.24) is 5.32 Å². The Labute approximate surface area is 116 Å². The van der Waals surface area contributed by atoms with E-state index < -0.39 is 5.60 Å². The highest BCUT2D eigenvalue weighted by Gasteiger charge is 2.25. The first-order valence-electron chi connectivity index (χ1n) is 7.31. The van der Waals surface area contributed by atoms with E-state index in [1.54, 1.807) is 0 Å². The number of carbonyl (C=O) groups is 2. The third-order valence-corrected chi connectivity index (χ3v) is 3.58. The largest absolute Gasteiger partial charge is 0.444 e. The lowest BCUT2D eigenvalue weighted by Gasteiger charge is -2.28. The van der Waals surface area contributed by atoms with Gasteiger partial charge in [-0.1, -0.05) is 6.92 Å². The summed E-state index contributed by atoms with van der Waals surface area (Å²) in [6.07, 6.45) is 4.27. The van der Waals surface area contributed by atoms with Crippen LogP contribution in [0.4, 0.5) is 4.79 Å². The van der Waals surface area contributed by atoms with Gasteiger partial charge < -0.3 is 10.1 Å². The highest BCUT2D eigenvalue weighted by Crippen LogP contribution is 2.29. The van der Waals surface area contributed by atoms with Gasteiger partial charge >= 0.3 is 6.09 Å². The van der Waals surface area contributed by atoms with E-state index in [2.05, 4.69) is 5.32 Å². The second-order valence-corrected chi connectivity index (χ2v) is 6.42. The molecule has 0 aliphatic heterocycles. The first kappa shape index (κ1) is 16.0. The molecule has 1 rings (SSSR count). The first-order valence-corrected chi connectivity index (χ1v) is 7.31. The Kier molecular flexibility index (Phi) is 5.83. The van der Waals surface area contributed by atoms with Crippen LogP contribution < -0.4 is 5.32 Å². The predicted octanol–water partition coefficient (Wildman–Crippen LogP) is 3.30. The minimum atomic E-state index is -0.449. The number of alkyl carbamates (subject to hydrolysis) is 1. The molecule has 0 heterocycles. The number of hydrogen-bond donors (Lipinski definition) is 1. The molecule has 0 aromatic carbocycles. The van der Waals surface area contributed by atoms with E-state index in [0.29, 0.717) is 24.7 Å². The number of ketones is 1. The zero-order chi connectivity index (χ0) is 14.5. The van der Waals surface area contributed by atoms with Crippen LogP contribution >= 0.6 is 0 Å². The van der Waals surface area contributed by atoms with E-state index >= 15 is 0 Å². The molecule has 0 aromatic rings. The number of nitrogens with one attached hydrogen (secondary N) is 1. The molecule has 0 bridgehead atoms. The van der Waals surface area contributed by atoms with Crippen LogP contribution in [0.25, 0.3) is 0 Å². The van der Waals surface area contributed by atoms with Crippen molar-refractivity contribution in [3.8, 4) is 0 Å². The van der Waals surface area contributed by atoms with Gasteiger partial charge in [0.25, 0.3) is 0 Å². The molecule has 0 unspecified atom stereocenters. The average Bonchev–Trinajstić information content (AvgIpc) is 2.34. The Morgan fingerprint density at radius 2 is 1.74 bits per heavy atom. The molecule has 0 radical (unpaired) electrons. The second-order valence-electron chi connectivity index (χ2n) is 6.42. The van der Waals surface area contributed by atoms with Crippen molar-refractivity contribution in [3.05, 3.63) is 0 Å². The summed E-state index contributed by atoms with van der Waals surface area (Å²) in [5.41, 5.74) is -0.449. The summed E-state index contributed by atoms with van der Waals surface area (Å²) < 4.78 is 5.20. The quantitative estimate of drug-likeness (QED) is 0.852. The number of Topliss-reactive ketones (excluding diaryl/α,β-unsaturated/α-hetero) is 1. The molecule has 0 aromatic heterocycles. The maximum Gasteiger partial charge on any atom is 0.407 e. The van der Waals surface area contributed by atoms with Crippen molar-refractivity contribution >= 4 is 11.9 Å². The fourth-order valence-corrected chi connectivity index (χ4v) is 2.52. The van der Waals surface area contributed by atoms with Crippen LogP contribution in [0, 0.1) is 11.8 Å². The molecule has 4 nitrogen and oxygen atoms in total. The van der Waals surface area contributed by atoms with Gasteiger partial charge in [0.1, 0.15) is 11.4 Å². The van der Waals surface area contributed by atoms with Crippen LogP contribution in [-0.4, -0.2) is 24.0 Å². The van der Waals surface area contributed by atoms with Gasteiger partial charge in [-0.25, -0.2) is 4.79 Å². The SMILES string of the molecule is CCC(=O)C1CCC(CNC(=O)OC(C)(C)C)CC1. The van der Waals surface area contributed by atoms with Crippen LogP contribution in [0.3, 0.4) is 0 Å². The fraction of sp³-hybridized carbons (Fsp3) is 0.867. The van der Waals surface area contributed by atoms with E-state index in [4.69, 9.17) is 4.74 Å². The fourth-order valence-electron chi connectivity index (χ4n) is 2.52. The summed E-state index contributed by atoms with van der Waals surface area (Å²) in [7, 11) is 0. The van der Waals surface area contributed by atoms with Crippen LogP contribution in [0.1, 0.15) is 59.8 Å². The zero-order valence-electron chi connectivity index (χ0n) is 12.6. The zero-order valence-corrected chi connectivity index (χ0v) is 12.6. The summed E-state index contributed by atoms with van der Waals surface area (Å²) in [4.78, 5) is 23.1. The van der Waals surface area contributed by atoms with Crippen LogP contribution in [0.15, 0.2) is 0 Å².